The zero-order valence-electron chi connectivity index (χ0n) is 10.8. The minimum Gasteiger partial charge on any atom is -0.346 e. The highest BCUT2D eigenvalue weighted by Crippen LogP contribution is 2.17. The van der Waals surface area contributed by atoms with Gasteiger partial charge in [-0.3, -0.25) is 4.98 Å². The van der Waals surface area contributed by atoms with Crippen LogP contribution in [0.1, 0.15) is 24.1 Å². The zero-order chi connectivity index (χ0) is 13.1. The molecule has 3 heterocycles. The number of fused-ring (bicyclic) bond motifs is 1. The molecule has 3 aromatic rings. The highest BCUT2D eigenvalue weighted by molar-refractivity contribution is 5.79. The third-order valence-corrected chi connectivity index (χ3v) is 3.34. The number of aromatic amines is 1. The lowest BCUT2D eigenvalue weighted by Gasteiger charge is -2.13. The van der Waals surface area contributed by atoms with Gasteiger partial charge >= 0.3 is 0 Å². The first-order chi connectivity index (χ1) is 9.34. The van der Waals surface area contributed by atoms with E-state index in [0.29, 0.717) is 6.04 Å². The number of pyridine rings is 2. The van der Waals surface area contributed by atoms with E-state index in [1.807, 2.05) is 36.8 Å². The van der Waals surface area contributed by atoms with Crippen LogP contribution in [0.5, 0.6) is 0 Å². The largest absolute Gasteiger partial charge is 0.346 e. The van der Waals surface area contributed by atoms with Crippen LogP contribution >= 0.6 is 0 Å². The molecule has 0 aliphatic rings. The topological polar surface area (TPSA) is 53.6 Å². The monoisotopic (exact) mass is 252 g/mol. The van der Waals surface area contributed by atoms with Crippen molar-refractivity contribution in [3.63, 3.8) is 0 Å². The van der Waals surface area contributed by atoms with Crippen LogP contribution in [0.3, 0.4) is 0 Å². The molecule has 0 amide bonds. The van der Waals surface area contributed by atoms with E-state index in [2.05, 4.69) is 33.3 Å². The van der Waals surface area contributed by atoms with Gasteiger partial charge < -0.3 is 10.3 Å². The molecule has 4 heteroatoms. The van der Waals surface area contributed by atoms with Crippen LogP contribution in [0.15, 0.2) is 49.1 Å². The molecule has 3 rings (SSSR count). The second kappa shape index (κ2) is 5.20. The van der Waals surface area contributed by atoms with E-state index in [1.165, 1.54) is 16.5 Å². The number of aromatic nitrogens is 3. The third-order valence-electron chi connectivity index (χ3n) is 3.34. The number of rotatable bonds is 4. The molecule has 2 N–H and O–H groups in total. The zero-order valence-corrected chi connectivity index (χ0v) is 10.8. The van der Waals surface area contributed by atoms with Gasteiger partial charge in [0.1, 0.15) is 5.65 Å². The van der Waals surface area contributed by atoms with Crippen LogP contribution in [0.2, 0.25) is 0 Å². The van der Waals surface area contributed by atoms with Crippen molar-refractivity contribution >= 4 is 11.0 Å². The van der Waals surface area contributed by atoms with Crippen LogP contribution < -0.4 is 5.32 Å². The Bertz CT molecular complexity index is 660. The molecule has 0 aromatic carbocycles. The molecule has 4 nitrogen and oxygen atoms in total. The Morgan fingerprint density at radius 2 is 2.05 bits per heavy atom. The van der Waals surface area contributed by atoms with E-state index < -0.39 is 0 Å². The Morgan fingerprint density at radius 3 is 2.89 bits per heavy atom. The molecule has 0 bridgehead atoms. The summed E-state index contributed by atoms with van der Waals surface area (Å²) in [4.78, 5) is 11.5. The SMILES string of the molecule is C[C@@H](NCc1c[nH]c2ncccc12)c1ccncc1. The summed E-state index contributed by atoms with van der Waals surface area (Å²) in [6.07, 6.45) is 7.46. The summed E-state index contributed by atoms with van der Waals surface area (Å²) in [5, 5.41) is 4.70. The molecule has 1 atom stereocenters. The number of nitrogens with zero attached hydrogens (tertiary/aromatic N) is 2. The first kappa shape index (κ1) is 11.9. The summed E-state index contributed by atoms with van der Waals surface area (Å²) >= 11 is 0. The van der Waals surface area contributed by atoms with Crippen molar-refractivity contribution in [1.82, 2.24) is 20.3 Å². The van der Waals surface area contributed by atoms with E-state index in [1.54, 1.807) is 6.20 Å². The fourth-order valence-corrected chi connectivity index (χ4v) is 2.19. The number of hydrogen-bond donors (Lipinski definition) is 2. The molecule has 0 saturated heterocycles. The lowest BCUT2D eigenvalue weighted by molar-refractivity contribution is 0.576. The number of H-pyrrole nitrogens is 1. The molecular weight excluding hydrogens is 236 g/mol. The summed E-state index contributed by atoms with van der Waals surface area (Å²) in [6.45, 7) is 2.97. The van der Waals surface area contributed by atoms with E-state index in [-0.39, 0.29) is 0 Å². The lowest BCUT2D eigenvalue weighted by Crippen LogP contribution is -2.17. The van der Waals surface area contributed by atoms with Gasteiger partial charge in [-0.1, -0.05) is 0 Å². The first-order valence-corrected chi connectivity index (χ1v) is 6.39. The molecule has 0 aliphatic heterocycles. The van der Waals surface area contributed by atoms with E-state index in [0.717, 1.165) is 12.2 Å². The van der Waals surface area contributed by atoms with Gasteiger partial charge in [-0.05, 0) is 42.3 Å². The molecule has 3 aromatic heterocycles. The molecule has 0 fully saturated rings. The second-order valence-corrected chi connectivity index (χ2v) is 4.60. The van der Waals surface area contributed by atoms with Gasteiger partial charge in [0.15, 0.2) is 0 Å². The summed E-state index contributed by atoms with van der Waals surface area (Å²) in [5.41, 5.74) is 3.42. The third kappa shape index (κ3) is 2.48. The highest BCUT2D eigenvalue weighted by atomic mass is 14.9. The van der Waals surface area contributed by atoms with Crippen molar-refractivity contribution in [2.24, 2.45) is 0 Å². The normalized spacial score (nSPS) is 12.7. The molecular formula is C15H16N4. The number of nitrogens with one attached hydrogen (secondary N) is 2. The molecule has 19 heavy (non-hydrogen) atoms. The lowest BCUT2D eigenvalue weighted by atomic mass is 10.1. The van der Waals surface area contributed by atoms with Crippen molar-refractivity contribution in [3.8, 4) is 0 Å². The van der Waals surface area contributed by atoms with Crippen LogP contribution in [-0.4, -0.2) is 15.0 Å². The molecule has 0 unspecified atom stereocenters. The Labute approximate surface area is 111 Å². The Morgan fingerprint density at radius 1 is 1.21 bits per heavy atom. The summed E-state index contributed by atoms with van der Waals surface area (Å²) < 4.78 is 0. The van der Waals surface area contributed by atoms with Crippen molar-refractivity contribution in [3.05, 3.63) is 60.2 Å². The maximum absolute atomic E-state index is 4.30. The molecule has 0 saturated carbocycles. The Kier molecular flexibility index (Phi) is 3.25. The van der Waals surface area contributed by atoms with Crippen LogP contribution in [0, 0.1) is 0 Å². The predicted molar refractivity (Wildman–Crippen MR) is 75.6 cm³/mol. The van der Waals surface area contributed by atoms with Crippen molar-refractivity contribution in [2.45, 2.75) is 19.5 Å². The molecule has 0 radical (unpaired) electrons. The molecule has 0 aliphatic carbocycles. The van der Waals surface area contributed by atoms with Crippen molar-refractivity contribution in [1.29, 1.82) is 0 Å². The predicted octanol–water partition coefficient (Wildman–Crippen LogP) is 2.81. The smallest absolute Gasteiger partial charge is 0.137 e. The van der Waals surface area contributed by atoms with E-state index in [9.17, 15) is 0 Å². The van der Waals surface area contributed by atoms with Crippen LogP contribution in [0.25, 0.3) is 11.0 Å². The fraction of sp³-hybridized carbons (Fsp3) is 0.200. The Balaban J connectivity index is 1.73. The van der Waals surface area contributed by atoms with Crippen molar-refractivity contribution in [2.75, 3.05) is 0 Å². The van der Waals surface area contributed by atoms with Gasteiger partial charge in [0.2, 0.25) is 0 Å². The summed E-state index contributed by atoms with van der Waals surface area (Å²) in [7, 11) is 0. The Hall–Kier alpha value is -2.20. The van der Waals surface area contributed by atoms with Gasteiger partial charge in [-0.15, -0.1) is 0 Å². The van der Waals surface area contributed by atoms with Gasteiger partial charge in [-0.25, -0.2) is 4.98 Å². The average Bonchev–Trinajstić information content (AvgIpc) is 2.89. The van der Waals surface area contributed by atoms with Gasteiger partial charge in [0.05, 0.1) is 0 Å². The fourth-order valence-electron chi connectivity index (χ4n) is 2.19. The highest BCUT2D eigenvalue weighted by Gasteiger charge is 2.07. The molecule has 96 valence electrons. The maximum atomic E-state index is 4.30. The maximum Gasteiger partial charge on any atom is 0.137 e. The molecule has 0 spiro atoms. The summed E-state index contributed by atoms with van der Waals surface area (Å²) in [6, 6.07) is 8.42. The summed E-state index contributed by atoms with van der Waals surface area (Å²) in [5.74, 6) is 0. The first-order valence-electron chi connectivity index (χ1n) is 6.39. The average molecular weight is 252 g/mol. The number of hydrogen-bond acceptors (Lipinski definition) is 3. The van der Waals surface area contributed by atoms with E-state index >= 15 is 0 Å². The minimum atomic E-state index is 0.296. The van der Waals surface area contributed by atoms with Crippen molar-refractivity contribution < 1.29 is 0 Å². The second-order valence-electron chi connectivity index (χ2n) is 4.60. The van der Waals surface area contributed by atoms with Gasteiger partial charge in [0.25, 0.3) is 0 Å². The quantitative estimate of drug-likeness (QED) is 0.750. The minimum absolute atomic E-state index is 0.296. The van der Waals surface area contributed by atoms with Gasteiger partial charge in [0, 0.05) is 42.8 Å². The standard InChI is InChI=1S/C15H16N4/c1-11(12-4-7-16-8-5-12)18-9-13-10-19-15-14(13)3-2-6-17-15/h2-8,10-11,18H,9H2,1H3,(H,17,19)/t11-/m1/s1. The van der Waals surface area contributed by atoms with Crippen LogP contribution in [0.4, 0.5) is 0 Å². The van der Waals surface area contributed by atoms with E-state index in [4.69, 9.17) is 0 Å². The van der Waals surface area contributed by atoms with Gasteiger partial charge in [-0.2, -0.15) is 0 Å². The van der Waals surface area contributed by atoms with Crippen LogP contribution in [-0.2, 0) is 6.54 Å².